The topological polar surface area (TPSA) is 3.24 Å². The highest BCUT2D eigenvalue weighted by Gasteiger charge is 2.27. The van der Waals surface area contributed by atoms with E-state index in [2.05, 4.69) is 49.9 Å². The molecule has 0 radical (unpaired) electrons. The van der Waals surface area contributed by atoms with E-state index in [1.807, 2.05) is 0 Å². The lowest BCUT2D eigenvalue weighted by Crippen LogP contribution is -2.37. The van der Waals surface area contributed by atoms with Crippen molar-refractivity contribution in [3.63, 3.8) is 0 Å². The van der Waals surface area contributed by atoms with Gasteiger partial charge in [0, 0.05) is 12.6 Å². The van der Waals surface area contributed by atoms with E-state index in [1.54, 1.807) is 11.1 Å². The van der Waals surface area contributed by atoms with Crippen LogP contribution in [0.15, 0.2) is 24.3 Å². The molecule has 1 unspecified atom stereocenters. The molecule has 1 aliphatic heterocycles. The van der Waals surface area contributed by atoms with Gasteiger partial charge in [-0.1, -0.05) is 45.0 Å². The lowest BCUT2D eigenvalue weighted by molar-refractivity contribution is 0.152. The average Bonchev–Trinajstić information content (AvgIpc) is 2.27. The summed E-state index contributed by atoms with van der Waals surface area (Å²) < 4.78 is 0. The van der Waals surface area contributed by atoms with Crippen molar-refractivity contribution in [3.8, 4) is 0 Å². The standard InChI is InChI=1S/C14H21N/c1-4-15-10-9-12-7-5-6-8-13(12)14(15)11(2)3/h5-8,11,14H,4,9-10H2,1-3H3. The van der Waals surface area contributed by atoms with Crippen molar-refractivity contribution >= 4 is 0 Å². The zero-order valence-corrected chi connectivity index (χ0v) is 10.0. The van der Waals surface area contributed by atoms with Crippen LogP contribution in [0.1, 0.15) is 37.9 Å². The van der Waals surface area contributed by atoms with E-state index in [0.717, 1.165) is 6.54 Å². The highest BCUT2D eigenvalue weighted by molar-refractivity contribution is 5.32. The van der Waals surface area contributed by atoms with Gasteiger partial charge >= 0.3 is 0 Å². The van der Waals surface area contributed by atoms with E-state index in [-0.39, 0.29) is 0 Å². The zero-order chi connectivity index (χ0) is 10.8. The molecule has 15 heavy (non-hydrogen) atoms. The average molecular weight is 203 g/mol. The number of likely N-dealkylation sites (N-methyl/N-ethyl adjacent to an activating group) is 1. The molecule has 0 amide bonds. The zero-order valence-electron chi connectivity index (χ0n) is 10.0. The van der Waals surface area contributed by atoms with E-state index < -0.39 is 0 Å². The van der Waals surface area contributed by atoms with Crippen molar-refractivity contribution in [2.75, 3.05) is 13.1 Å². The molecule has 1 atom stereocenters. The van der Waals surface area contributed by atoms with Crippen LogP contribution in [-0.4, -0.2) is 18.0 Å². The first kappa shape index (κ1) is 10.7. The Morgan fingerprint density at radius 3 is 2.73 bits per heavy atom. The summed E-state index contributed by atoms with van der Waals surface area (Å²) in [5.74, 6) is 0.700. The summed E-state index contributed by atoms with van der Waals surface area (Å²) in [5, 5.41) is 0. The fourth-order valence-corrected chi connectivity index (χ4v) is 2.79. The van der Waals surface area contributed by atoms with Gasteiger partial charge in [0.05, 0.1) is 0 Å². The van der Waals surface area contributed by atoms with Crippen molar-refractivity contribution in [3.05, 3.63) is 35.4 Å². The molecule has 0 aliphatic carbocycles. The maximum absolute atomic E-state index is 2.60. The Labute approximate surface area is 93.1 Å². The summed E-state index contributed by atoms with van der Waals surface area (Å²) in [4.78, 5) is 2.60. The van der Waals surface area contributed by atoms with Gasteiger partial charge < -0.3 is 0 Å². The van der Waals surface area contributed by atoms with Gasteiger partial charge in [0.25, 0.3) is 0 Å². The number of hydrogen-bond acceptors (Lipinski definition) is 1. The largest absolute Gasteiger partial charge is 0.296 e. The number of hydrogen-bond donors (Lipinski definition) is 0. The van der Waals surface area contributed by atoms with Crippen LogP contribution in [0, 0.1) is 5.92 Å². The minimum Gasteiger partial charge on any atom is -0.296 e. The SMILES string of the molecule is CCN1CCc2ccccc2C1C(C)C. The van der Waals surface area contributed by atoms with E-state index in [1.165, 1.54) is 13.0 Å². The Kier molecular flexibility index (Phi) is 3.11. The Hall–Kier alpha value is -0.820. The number of benzene rings is 1. The first-order valence-electron chi connectivity index (χ1n) is 6.06. The Balaban J connectivity index is 2.38. The Morgan fingerprint density at radius 1 is 1.33 bits per heavy atom. The van der Waals surface area contributed by atoms with Gasteiger partial charge in [-0.2, -0.15) is 0 Å². The van der Waals surface area contributed by atoms with Gasteiger partial charge in [-0.3, -0.25) is 4.90 Å². The normalized spacial score (nSPS) is 21.7. The summed E-state index contributed by atoms with van der Waals surface area (Å²) in [7, 11) is 0. The van der Waals surface area contributed by atoms with E-state index in [4.69, 9.17) is 0 Å². The van der Waals surface area contributed by atoms with Crippen molar-refractivity contribution in [1.29, 1.82) is 0 Å². The Morgan fingerprint density at radius 2 is 2.07 bits per heavy atom. The minimum atomic E-state index is 0.625. The summed E-state index contributed by atoms with van der Waals surface area (Å²) in [6, 6.07) is 9.56. The molecule has 1 nitrogen and oxygen atoms in total. The predicted molar refractivity (Wildman–Crippen MR) is 65.0 cm³/mol. The molecule has 1 aliphatic rings. The fraction of sp³-hybridized carbons (Fsp3) is 0.571. The van der Waals surface area contributed by atoms with Gasteiger partial charge in [0.1, 0.15) is 0 Å². The maximum atomic E-state index is 2.60. The summed E-state index contributed by atoms with van der Waals surface area (Å²) in [6.45, 7) is 9.31. The molecular formula is C14H21N. The quantitative estimate of drug-likeness (QED) is 0.713. The van der Waals surface area contributed by atoms with Crippen LogP contribution in [0.4, 0.5) is 0 Å². The molecule has 0 saturated carbocycles. The van der Waals surface area contributed by atoms with Gasteiger partial charge in [0.2, 0.25) is 0 Å². The molecule has 0 saturated heterocycles. The van der Waals surface area contributed by atoms with Crippen LogP contribution in [0.5, 0.6) is 0 Å². The van der Waals surface area contributed by atoms with Gasteiger partial charge in [-0.15, -0.1) is 0 Å². The molecule has 1 aromatic rings. The van der Waals surface area contributed by atoms with Gasteiger partial charge in [-0.05, 0) is 30.0 Å². The first-order chi connectivity index (χ1) is 7.24. The maximum Gasteiger partial charge on any atom is 0.0373 e. The first-order valence-corrected chi connectivity index (χ1v) is 6.06. The fourth-order valence-electron chi connectivity index (χ4n) is 2.79. The van der Waals surface area contributed by atoms with Crippen LogP contribution in [0.2, 0.25) is 0 Å². The minimum absolute atomic E-state index is 0.625. The number of fused-ring (bicyclic) bond motifs is 1. The van der Waals surface area contributed by atoms with E-state index in [0.29, 0.717) is 12.0 Å². The molecule has 1 heterocycles. The molecule has 1 aromatic carbocycles. The molecule has 82 valence electrons. The van der Waals surface area contributed by atoms with Crippen LogP contribution >= 0.6 is 0 Å². The van der Waals surface area contributed by atoms with E-state index in [9.17, 15) is 0 Å². The molecular weight excluding hydrogens is 182 g/mol. The third-order valence-electron chi connectivity index (χ3n) is 3.47. The Bertz CT molecular complexity index is 330. The number of rotatable bonds is 2. The van der Waals surface area contributed by atoms with Crippen molar-refractivity contribution in [2.45, 2.75) is 33.2 Å². The van der Waals surface area contributed by atoms with Crippen LogP contribution in [0.25, 0.3) is 0 Å². The highest BCUT2D eigenvalue weighted by Crippen LogP contribution is 2.34. The lowest BCUT2D eigenvalue weighted by Gasteiger charge is -2.39. The van der Waals surface area contributed by atoms with Crippen LogP contribution in [0.3, 0.4) is 0 Å². The highest BCUT2D eigenvalue weighted by atomic mass is 15.2. The third kappa shape index (κ3) is 1.93. The van der Waals surface area contributed by atoms with Crippen LogP contribution in [-0.2, 0) is 6.42 Å². The molecule has 0 bridgehead atoms. The molecule has 0 aromatic heterocycles. The van der Waals surface area contributed by atoms with Crippen molar-refractivity contribution in [1.82, 2.24) is 4.90 Å². The summed E-state index contributed by atoms with van der Waals surface area (Å²) in [5.41, 5.74) is 3.11. The second kappa shape index (κ2) is 4.36. The molecule has 2 rings (SSSR count). The third-order valence-corrected chi connectivity index (χ3v) is 3.47. The smallest absolute Gasteiger partial charge is 0.0373 e. The van der Waals surface area contributed by atoms with Gasteiger partial charge in [-0.25, -0.2) is 0 Å². The predicted octanol–water partition coefficient (Wildman–Crippen LogP) is 3.26. The molecule has 0 N–H and O–H groups in total. The lowest BCUT2D eigenvalue weighted by atomic mass is 9.86. The molecule has 1 heteroatoms. The van der Waals surface area contributed by atoms with Crippen molar-refractivity contribution in [2.24, 2.45) is 5.92 Å². The number of nitrogens with zero attached hydrogens (tertiary/aromatic N) is 1. The molecule has 0 spiro atoms. The second-order valence-electron chi connectivity index (χ2n) is 4.77. The summed E-state index contributed by atoms with van der Waals surface area (Å²) in [6.07, 6.45) is 1.22. The second-order valence-corrected chi connectivity index (χ2v) is 4.77. The van der Waals surface area contributed by atoms with Crippen molar-refractivity contribution < 1.29 is 0 Å². The van der Waals surface area contributed by atoms with Crippen LogP contribution < -0.4 is 0 Å². The monoisotopic (exact) mass is 203 g/mol. The summed E-state index contributed by atoms with van der Waals surface area (Å²) >= 11 is 0. The molecule has 0 fully saturated rings. The van der Waals surface area contributed by atoms with Gasteiger partial charge in [0.15, 0.2) is 0 Å². The van der Waals surface area contributed by atoms with E-state index >= 15 is 0 Å².